The average Bonchev–Trinajstić information content (AvgIpc) is 3.20. The lowest BCUT2D eigenvalue weighted by Gasteiger charge is -2.18. The summed E-state index contributed by atoms with van der Waals surface area (Å²) in [6.07, 6.45) is 2.19. The number of benzene rings is 2. The number of ether oxygens (including phenoxy) is 1. The van der Waals surface area contributed by atoms with E-state index in [1.54, 1.807) is 18.3 Å². The maximum atomic E-state index is 15.8. The number of carbonyl (C=O) groups is 1. The van der Waals surface area contributed by atoms with E-state index in [1.807, 2.05) is 6.07 Å². The summed E-state index contributed by atoms with van der Waals surface area (Å²) in [5.74, 6) is -2.89. The third kappa shape index (κ3) is 5.87. The Morgan fingerprint density at radius 2 is 1.86 bits per heavy atom. The molecule has 2 aromatic heterocycles. The summed E-state index contributed by atoms with van der Waals surface area (Å²) < 4.78 is 50.7. The van der Waals surface area contributed by atoms with E-state index in [0.29, 0.717) is 17.7 Å². The van der Waals surface area contributed by atoms with Gasteiger partial charge >= 0.3 is 0 Å². The first-order chi connectivity index (χ1) is 17.9. The van der Waals surface area contributed by atoms with Gasteiger partial charge < -0.3 is 15.2 Å². The highest BCUT2D eigenvalue weighted by Crippen LogP contribution is 2.34. The van der Waals surface area contributed by atoms with Gasteiger partial charge in [-0.15, -0.1) is 0 Å². The van der Waals surface area contributed by atoms with E-state index in [0.717, 1.165) is 6.07 Å². The molecular formula is C27H25F3N4O3. The first kappa shape index (κ1) is 26.1. The molecule has 0 spiro atoms. The number of hydrogen-bond donors (Lipinski definition) is 2. The Bertz CT molecular complexity index is 1360. The molecule has 192 valence electrons. The van der Waals surface area contributed by atoms with Crippen LogP contribution in [0.1, 0.15) is 22.5 Å². The van der Waals surface area contributed by atoms with Gasteiger partial charge in [-0.25, -0.2) is 17.9 Å². The van der Waals surface area contributed by atoms with E-state index in [9.17, 15) is 14.3 Å². The smallest absolute Gasteiger partial charge is 0.252 e. The number of hydrogen-bond acceptors (Lipinski definition) is 5. The van der Waals surface area contributed by atoms with Crippen LogP contribution in [-0.4, -0.2) is 45.5 Å². The van der Waals surface area contributed by atoms with Crippen molar-refractivity contribution in [2.75, 3.05) is 13.7 Å². The van der Waals surface area contributed by atoms with Crippen molar-refractivity contribution >= 4 is 5.91 Å². The number of rotatable bonds is 10. The Hall–Kier alpha value is -4.02. The Labute approximate surface area is 211 Å². The van der Waals surface area contributed by atoms with Gasteiger partial charge in [0.25, 0.3) is 5.91 Å². The van der Waals surface area contributed by atoms with Crippen LogP contribution in [0.5, 0.6) is 0 Å². The fourth-order valence-corrected chi connectivity index (χ4v) is 4.07. The van der Waals surface area contributed by atoms with Crippen molar-refractivity contribution in [1.29, 1.82) is 0 Å². The molecule has 37 heavy (non-hydrogen) atoms. The van der Waals surface area contributed by atoms with Crippen LogP contribution in [0.25, 0.3) is 22.5 Å². The maximum absolute atomic E-state index is 15.8. The van der Waals surface area contributed by atoms with Crippen LogP contribution < -0.4 is 5.32 Å². The number of amides is 1. The number of nitrogens with one attached hydrogen (secondary N) is 1. The molecular weight excluding hydrogens is 485 g/mol. The molecule has 2 heterocycles. The summed E-state index contributed by atoms with van der Waals surface area (Å²) in [5.41, 5.74) is 0.124. The molecule has 0 saturated heterocycles. The van der Waals surface area contributed by atoms with Crippen LogP contribution in [-0.2, 0) is 17.9 Å². The summed E-state index contributed by atoms with van der Waals surface area (Å²) in [7, 11) is 1.39. The van der Waals surface area contributed by atoms with E-state index < -0.39 is 29.4 Å². The summed E-state index contributed by atoms with van der Waals surface area (Å²) in [5, 5.41) is 16.5. The first-order valence-electron chi connectivity index (χ1n) is 11.5. The van der Waals surface area contributed by atoms with Crippen LogP contribution in [0.4, 0.5) is 13.2 Å². The molecule has 4 rings (SSSR count). The van der Waals surface area contributed by atoms with Crippen molar-refractivity contribution in [3.8, 4) is 22.5 Å². The normalized spacial score (nSPS) is 11.9. The number of aromatic nitrogens is 3. The van der Waals surface area contributed by atoms with Gasteiger partial charge in [0.1, 0.15) is 29.8 Å². The number of nitrogens with zero attached hydrogens (tertiary/aromatic N) is 3. The molecule has 0 radical (unpaired) electrons. The Morgan fingerprint density at radius 1 is 1.08 bits per heavy atom. The van der Waals surface area contributed by atoms with Gasteiger partial charge in [0.2, 0.25) is 0 Å². The third-order valence-corrected chi connectivity index (χ3v) is 5.75. The molecule has 2 aromatic carbocycles. The average molecular weight is 511 g/mol. The topological polar surface area (TPSA) is 89.3 Å². The minimum absolute atomic E-state index is 0.0419. The molecule has 0 fully saturated rings. The van der Waals surface area contributed by atoms with Gasteiger partial charge in [0, 0.05) is 43.6 Å². The molecule has 4 aromatic rings. The molecule has 0 aliphatic rings. The van der Waals surface area contributed by atoms with E-state index in [1.165, 1.54) is 48.2 Å². The number of aliphatic hydroxyl groups excluding tert-OH is 1. The highest BCUT2D eigenvalue weighted by atomic mass is 19.1. The van der Waals surface area contributed by atoms with Gasteiger partial charge in [0.15, 0.2) is 5.82 Å². The maximum Gasteiger partial charge on any atom is 0.252 e. The van der Waals surface area contributed by atoms with E-state index in [2.05, 4.69) is 15.4 Å². The zero-order valence-electron chi connectivity index (χ0n) is 20.0. The summed E-state index contributed by atoms with van der Waals surface area (Å²) >= 11 is 0. The quantitative estimate of drug-likeness (QED) is 0.331. The zero-order valence-corrected chi connectivity index (χ0v) is 20.0. The molecule has 10 heteroatoms. The molecule has 0 aliphatic carbocycles. The molecule has 2 N–H and O–H groups in total. The van der Waals surface area contributed by atoms with E-state index >= 15 is 8.78 Å². The van der Waals surface area contributed by atoms with Crippen LogP contribution in [0.15, 0.2) is 66.9 Å². The number of pyridine rings is 1. The van der Waals surface area contributed by atoms with Gasteiger partial charge in [-0.05, 0) is 55.0 Å². The second kappa shape index (κ2) is 11.8. The minimum atomic E-state index is -0.886. The van der Waals surface area contributed by atoms with Gasteiger partial charge in [0.05, 0.1) is 11.1 Å². The lowest BCUT2D eigenvalue weighted by molar-refractivity contribution is 0.0930. The Morgan fingerprint density at radius 3 is 2.54 bits per heavy atom. The highest BCUT2D eigenvalue weighted by molar-refractivity contribution is 6.01. The van der Waals surface area contributed by atoms with Crippen LogP contribution in [0.2, 0.25) is 0 Å². The van der Waals surface area contributed by atoms with E-state index in [4.69, 9.17) is 4.74 Å². The lowest BCUT2D eigenvalue weighted by atomic mass is 10.00. The van der Waals surface area contributed by atoms with Crippen LogP contribution in [0, 0.1) is 17.5 Å². The van der Waals surface area contributed by atoms with Crippen molar-refractivity contribution in [2.24, 2.45) is 0 Å². The van der Waals surface area contributed by atoms with Crippen molar-refractivity contribution in [3.63, 3.8) is 0 Å². The molecule has 1 atom stereocenters. The molecule has 0 unspecified atom stereocenters. The molecule has 7 nitrogen and oxygen atoms in total. The van der Waals surface area contributed by atoms with Gasteiger partial charge in [-0.2, -0.15) is 5.10 Å². The number of halogens is 3. The predicted octanol–water partition coefficient (Wildman–Crippen LogP) is 4.36. The summed E-state index contributed by atoms with van der Waals surface area (Å²) in [4.78, 5) is 17.5. The second-order valence-electron chi connectivity index (χ2n) is 8.31. The Kier molecular flexibility index (Phi) is 8.32. The van der Waals surface area contributed by atoms with Crippen molar-refractivity contribution < 1.29 is 27.8 Å². The monoisotopic (exact) mass is 510 g/mol. The minimum Gasteiger partial charge on any atom is -0.396 e. The summed E-state index contributed by atoms with van der Waals surface area (Å²) in [6.45, 7) is -0.354. The summed E-state index contributed by atoms with van der Waals surface area (Å²) in [6, 6.07) is 13.8. The Balaban J connectivity index is 1.73. The molecule has 1 amide bonds. The van der Waals surface area contributed by atoms with Crippen molar-refractivity contribution in [1.82, 2.24) is 20.1 Å². The fraction of sp³-hybridized carbons (Fsp3) is 0.222. The zero-order chi connectivity index (χ0) is 26.4. The SMILES string of the molecule is COCn1nc(-c2c(F)cccc2C(=O)N[C@@H](CCO)Cc2ccccn2)c(F)c1-c1ccc(F)cc1. The third-order valence-electron chi connectivity index (χ3n) is 5.75. The number of carbonyl (C=O) groups excluding carboxylic acids is 1. The molecule has 0 aliphatic heterocycles. The standard InChI is InChI=1S/C27H25F3N4O3/c1-37-16-34-26(17-8-10-18(28)11-9-17)24(30)25(33-34)23-21(6-4-7-22(23)29)27(36)32-20(12-14-35)15-19-5-2-3-13-31-19/h2-11,13,20,35H,12,14-16H2,1H3,(H,32,36)/t20-/m0/s1. The largest absolute Gasteiger partial charge is 0.396 e. The lowest BCUT2D eigenvalue weighted by Crippen LogP contribution is -2.37. The van der Waals surface area contributed by atoms with Crippen LogP contribution in [0.3, 0.4) is 0 Å². The van der Waals surface area contributed by atoms with Crippen molar-refractivity contribution in [3.05, 3.63) is 95.6 Å². The number of methoxy groups -OCH3 is 1. The van der Waals surface area contributed by atoms with Crippen molar-refractivity contribution in [2.45, 2.75) is 25.6 Å². The van der Waals surface area contributed by atoms with Gasteiger partial charge in [-0.1, -0.05) is 12.1 Å². The van der Waals surface area contributed by atoms with Crippen LogP contribution >= 0.6 is 0 Å². The molecule has 0 saturated carbocycles. The highest BCUT2D eigenvalue weighted by Gasteiger charge is 2.28. The number of aliphatic hydroxyl groups is 1. The second-order valence-corrected chi connectivity index (χ2v) is 8.31. The predicted molar refractivity (Wildman–Crippen MR) is 131 cm³/mol. The van der Waals surface area contributed by atoms with Gasteiger partial charge in [-0.3, -0.25) is 9.78 Å². The molecule has 0 bridgehead atoms. The fourth-order valence-electron chi connectivity index (χ4n) is 4.07. The van der Waals surface area contributed by atoms with E-state index in [-0.39, 0.29) is 42.3 Å². The first-order valence-corrected chi connectivity index (χ1v) is 11.5.